The highest BCUT2D eigenvalue weighted by Gasteiger charge is 2.32. The molecule has 3 rings (SSSR count). The second-order valence-corrected chi connectivity index (χ2v) is 5.71. The van der Waals surface area contributed by atoms with Crippen molar-refractivity contribution in [2.24, 2.45) is 0 Å². The summed E-state index contributed by atoms with van der Waals surface area (Å²) >= 11 is 0. The number of hydrogen-bond donors (Lipinski definition) is 0. The minimum absolute atomic E-state index is 0.0471. The Morgan fingerprint density at radius 3 is 2.08 bits per heavy atom. The van der Waals surface area contributed by atoms with Crippen LogP contribution in [0, 0.1) is 0 Å². The van der Waals surface area contributed by atoms with Gasteiger partial charge in [-0.15, -0.1) is 0 Å². The number of ether oxygens (including phenoxy) is 2. The summed E-state index contributed by atoms with van der Waals surface area (Å²) in [6.45, 7) is 5.00. The molecule has 0 atom stereocenters. The van der Waals surface area contributed by atoms with Crippen molar-refractivity contribution in [2.45, 2.75) is 20.8 Å². The number of benzene rings is 1. The van der Waals surface area contributed by atoms with Gasteiger partial charge in [-0.25, -0.2) is 9.59 Å². The molecule has 6 nitrogen and oxygen atoms in total. The van der Waals surface area contributed by atoms with Crippen LogP contribution < -0.4 is 0 Å². The average Bonchev–Trinajstić information content (AvgIpc) is 2.98. The highest BCUT2D eigenvalue weighted by atomic mass is 16.5. The van der Waals surface area contributed by atoms with Gasteiger partial charge in [-0.2, -0.15) is 0 Å². The Hall–Kier alpha value is -3.15. The molecule has 0 radical (unpaired) electrons. The van der Waals surface area contributed by atoms with Crippen molar-refractivity contribution in [1.82, 2.24) is 4.40 Å². The van der Waals surface area contributed by atoms with Crippen LogP contribution in [0.3, 0.4) is 0 Å². The van der Waals surface area contributed by atoms with Crippen molar-refractivity contribution in [1.29, 1.82) is 0 Å². The fraction of sp³-hybridized carbons (Fsp3) is 0.250. The van der Waals surface area contributed by atoms with E-state index in [0.29, 0.717) is 5.52 Å². The normalized spacial score (nSPS) is 10.9. The molecular formula is C20H19NO5. The van der Waals surface area contributed by atoms with Gasteiger partial charge in [0.2, 0.25) is 0 Å². The Morgan fingerprint density at radius 1 is 0.846 bits per heavy atom. The van der Waals surface area contributed by atoms with Crippen LogP contribution in [0.15, 0.2) is 36.4 Å². The molecule has 0 aliphatic rings. The summed E-state index contributed by atoms with van der Waals surface area (Å²) in [5.74, 6) is -1.71. The molecule has 6 heteroatoms. The number of carbonyl (C=O) groups is 3. The van der Waals surface area contributed by atoms with Gasteiger partial charge in [-0.3, -0.25) is 4.79 Å². The summed E-state index contributed by atoms with van der Waals surface area (Å²) in [5.41, 5.74) is 1.29. The maximum Gasteiger partial charge on any atom is 0.341 e. The van der Waals surface area contributed by atoms with Crippen molar-refractivity contribution < 1.29 is 23.9 Å². The zero-order chi connectivity index (χ0) is 18.8. The van der Waals surface area contributed by atoms with Crippen molar-refractivity contribution in [3.63, 3.8) is 0 Å². The van der Waals surface area contributed by atoms with Crippen LogP contribution in [-0.4, -0.2) is 35.3 Å². The molecule has 0 unspecified atom stereocenters. The number of para-hydroxylation sites is 1. The van der Waals surface area contributed by atoms with E-state index in [-0.39, 0.29) is 35.8 Å². The fourth-order valence-corrected chi connectivity index (χ4v) is 3.14. The van der Waals surface area contributed by atoms with Crippen molar-refractivity contribution >= 4 is 34.1 Å². The van der Waals surface area contributed by atoms with E-state index in [1.165, 1.54) is 6.92 Å². The van der Waals surface area contributed by atoms with Crippen LogP contribution in [0.1, 0.15) is 52.0 Å². The van der Waals surface area contributed by atoms with Crippen molar-refractivity contribution in [2.75, 3.05) is 13.2 Å². The van der Waals surface area contributed by atoms with E-state index in [0.717, 1.165) is 10.9 Å². The smallest absolute Gasteiger partial charge is 0.341 e. The summed E-state index contributed by atoms with van der Waals surface area (Å²) in [5, 5.41) is 0.878. The van der Waals surface area contributed by atoms with Gasteiger partial charge < -0.3 is 13.9 Å². The van der Waals surface area contributed by atoms with Gasteiger partial charge >= 0.3 is 11.9 Å². The van der Waals surface area contributed by atoms with E-state index in [9.17, 15) is 14.4 Å². The molecule has 0 N–H and O–H groups in total. The van der Waals surface area contributed by atoms with E-state index >= 15 is 0 Å². The lowest BCUT2D eigenvalue weighted by atomic mass is 10.1. The molecule has 0 bridgehead atoms. The molecule has 0 spiro atoms. The minimum Gasteiger partial charge on any atom is -0.462 e. The summed E-state index contributed by atoms with van der Waals surface area (Å²) in [6.07, 6.45) is 0. The molecule has 26 heavy (non-hydrogen) atoms. The zero-order valence-electron chi connectivity index (χ0n) is 14.9. The number of pyridine rings is 1. The molecule has 1 aromatic carbocycles. The van der Waals surface area contributed by atoms with Crippen LogP contribution in [-0.2, 0) is 9.47 Å². The Morgan fingerprint density at radius 2 is 1.46 bits per heavy atom. The van der Waals surface area contributed by atoms with Gasteiger partial charge in [-0.1, -0.05) is 24.3 Å². The standard InChI is InChI=1S/C20H19NO5/c1-4-25-19(23)16-15-11-10-13-8-6-7-9-14(13)21(15)18(12(3)22)17(16)20(24)26-5-2/h6-11H,4-5H2,1-3H3. The lowest BCUT2D eigenvalue weighted by Crippen LogP contribution is -2.15. The highest BCUT2D eigenvalue weighted by Crippen LogP contribution is 2.30. The summed E-state index contributed by atoms with van der Waals surface area (Å²) in [4.78, 5) is 37.7. The van der Waals surface area contributed by atoms with Gasteiger partial charge in [0, 0.05) is 6.92 Å². The van der Waals surface area contributed by atoms with Crippen LogP contribution in [0.4, 0.5) is 0 Å². The predicted molar refractivity (Wildman–Crippen MR) is 96.8 cm³/mol. The summed E-state index contributed by atoms with van der Waals surface area (Å²) in [6, 6.07) is 11.0. The number of Topliss-reactive ketones (excluding diaryl/α,β-unsaturated/α-hetero) is 1. The maximum absolute atomic E-state index is 12.6. The lowest BCUT2D eigenvalue weighted by Gasteiger charge is -2.06. The Balaban J connectivity index is 2.51. The Kier molecular flexibility index (Phi) is 4.75. The summed E-state index contributed by atoms with van der Waals surface area (Å²) in [7, 11) is 0. The minimum atomic E-state index is -0.714. The molecule has 134 valence electrons. The number of nitrogens with zero attached hydrogens (tertiary/aromatic N) is 1. The number of aromatic nitrogens is 1. The van der Waals surface area contributed by atoms with Crippen LogP contribution in [0.5, 0.6) is 0 Å². The van der Waals surface area contributed by atoms with Crippen LogP contribution in [0.2, 0.25) is 0 Å². The Labute approximate surface area is 150 Å². The number of ketones is 1. The molecule has 2 aromatic heterocycles. The number of carbonyl (C=O) groups excluding carboxylic acids is 3. The molecule has 3 aromatic rings. The molecule has 0 saturated carbocycles. The molecule has 0 aliphatic heterocycles. The average molecular weight is 353 g/mol. The fourth-order valence-electron chi connectivity index (χ4n) is 3.14. The lowest BCUT2D eigenvalue weighted by molar-refractivity contribution is 0.0480. The number of fused-ring (bicyclic) bond motifs is 3. The van der Waals surface area contributed by atoms with Gasteiger partial charge in [-0.05, 0) is 31.4 Å². The largest absolute Gasteiger partial charge is 0.462 e. The second-order valence-electron chi connectivity index (χ2n) is 5.71. The third kappa shape index (κ3) is 2.73. The quantitative estimate of drug-likeness (QED) is 0.517. The van der Waals surface area contributed by atoms with E-state index in [4.69, 9.17) is 9.47 Å². The molecule has 0 saturated heterocycles. The van der Waals surface area contributed by atoms with E-state index in [1.54, 1.807) is 24.3 Å². The monoisotopic (exact) mass is 353 g/mol. The molecule has 0 amide bonds. The predicted octanol–water partition coefficient (Wildman–Crippen LogP) is 3.65. The van der Waals surface area contributed by atoms with Crippen LogP contribution >= 0.6 is 0 Å². The first-order valence-corrected chi connectivity index (χ1v) is 8.42. The van der Waals surface area contributed by atoms with E-state index in [2.05, 4.69) is 0 Å². The van der Waals surface area contributed by atoms with Gasteiger partial charge in [0.25, 0.3) is 0 Å². The summed E-state index contributed by atoms with van der Waals surface area (Å²) < 4.78 is 11.9. The van der Waals surface area contributed by atoms with Gasteiger partial charge in [0.05, 0.1) is 24.2 Å². The second kappa shape index (κ2) is 7.00. The number of rotatable bonds is 5. The first kappa shape index (κ1) is 17.7. The van der Waals surface area contributed by atoms with E-state index in [1.807, 2.05) is 30.3 Å². The first-order valence-electron chi connectivity index (χ1n) is 8.42. The topological polar surface area (TPSA) is 74.1 Å². The van der Waals surface area contributed by atoms with Gasteiger partial charge in [0.15, 0.2) is 5.78 Å². The first-order chi connectivity index (χ1) is 12.5. The number of esters is 2. The number of hydrogen-bond acceptors (Lipinski definition) is 5. The SMILES string of the molecule is CCOC(=O)c1c(C(=O)OCC)c2ccc3ccccc3n2c1C(C)=O. The van der Waals surface area contributed by atoms with Crippen LogP contribution in [0.25, 0.3) is 16.4 Å². The van der Waals surface area contributed by atoms with Crippen molar-refractivity contribution in [3.8, 4) is 0 Å². The van der Waals surface area contributed by atoms with Crippen molar-refractivity contribution in [3.05, 3.63) is 53.2 Å². The third-order valence-corrected chi connectivity index (χ3v) is 4.10. The maximum atomic E-state index is 12.6. The molecular weight excluding hydrogens is 334 g/mol. The zero-order valence-corrected chi connectivity index (χ0v) is 14.9. The van der Waals surface area contributed by atoms with Gasteiger partial charge in [0.1, 0.15) is 16.8 Å². The third-order valence-electron chi connectivity index (χ3n) is 4.10. The molecule has 0 aliphatic carbocycles. The molecule has 2 heterocycles. The Bertz CT molecular complexity index is 1030. The molecule has 0 fully saturated rings. The highest BCUT2D eigenvalue weighted by molar-refractivity contribution is 6.16. The van der Waals surface area contributed by atoms with E-state index < -0.39 is 11.9 Å².